The van der Waals surface area contributed by atoms with Gasteiger partial charge < -0.3 is 14.9 Å². The molecule has 2 rings (SSSR count). The second kappa shape index (κ2) is 6.88. The maximum absolute atomic E-state index is 9.77. The van der Waals surface area contributed by atoms with E-state index in [0.717, 1.165) is 6.54 Å². The first-order valence-corrected chi connectivity index (χ1v) is 7.83. The minimum Gasteiger partial charge on any atom is -0.396 e. The summed E-state index contributed by atoms with van der Waals surface area (Å²) in [4.78, 5) is 5.16. The van der Waals surface area contributed by atoms with Crippen molar-refractivity contribution < 1.29 is 5.11 Å². The van der Waals surface area contributed by atoms with Crippen molar-refractivity contribution in [1.29, 1.82) is 0 Å². The van der Waals surface area contributed by atoms with Crippen molar-refractivity contribution >= 4 is 0 Å². The maximum Gasteiger partial charge on any atom is 0.0499 e. The van der Waals surface area contributed by atoms with Crippen LogP contribution in [0.25, 0.3) is 0 Å². The summed E-state index contributed by atoms with van der Waals surface area (Å²) >= 11 is 0. The van der Waals surface area contributed by atoms with Crippen LogP contribution in [-0.2, 0) is 0 Å². The molecule has 106 valence electrons. The van der Waals surface area contributed by atoms with E-state index in [1.165, 1.54) is 71.2 Å². The lowest BCUT2D eigenvalue weighted by atomic mass is 9.74. The molecule has 1 aliphatic heterocycles. The maximum atomic E-state index is 9.77. The number of nitrogens with zero attached hydrogens (tertiary/aromatic N) is 2. The summed E-state index contributed by atoms with van der Waals surface area (Å²) < 4.78 is 0. The van der Waals surface area contributed by atoms with Crippen molar-refractivity contribution in [3.05, 3.63) is 0 Å². The predicted octanol–water partition coefficient (Wildman–Crippen LogP) is 1.96. The lowest BCUT2D eigenvalue weighted by Crippen LogP contribution is -2.51. The van der Waals surface area contributed by atoms with Gasteiger partial charge in [-0.2, -0.15) is 0 Å². The third kappa shape index (κ3) is 3.69. The standard InChI is InChI=1S/C15H30N2O/c1-2-8-16-9-11-17(12-10-16)13-15(14-18)6-4-3-5-7-15/h18H,2-14H2,1H3. The summed E-state index contributed by atoms with van der Waals surface area (Å²) in [5.74, 6) is 0. The molecule has 3 heteroatoms. The van der Waals surface area contributed by atoms with Gasteiger partial charge in [-0.25, -0.2) is 0 Å². The molecule has 3 nitrogen and oxygen atoms in total. The van der Waals surface area contributed by atoms with Crippen LogP contribution in [0.5, 0.6) is 0 Å². The monoisotopic (exact) mass is 254 g/mol. The molecule has 0 aromatic heterocycles. The molecule has 0 spiro atoms. The van der Waals surface area contributed by atoms with Gasteiger partial charge in [0, 0.05) is 44.7 Å². The Morgan fingerprint density at radius 1 is 0.944 bits per heavy atom. The van der Waals surface area contributed by atoms with Gasteiger partial charge in [0.2, 0.25) is 0 Å². The smallest absolute Gasteiger partial charge is 0.0499 e. The second-order valence-electron chi connectivity index (χ2n) is 6.34. The Hall–Kier alpha value is -0.120. The van der Waals surface area contributed by atoms with Crippen LogP contribution in [0.2, 0.25) is 0 Å². The van der Waals surface area contributed by atoms with Crippen molar-refractivity contribution in [3.8, 4) is 0 Å². The van der Waals surface area contributed by atoms with Crippen LogP contribution in [0.15, 0.2) is 0 Å². The number of hydrogen-bond donors (Lipinski definition) is 1. The Labute approximate surface area is 112 Å². The van der Waals surface area contributed by atoms with E-state index in [9.17, 15) is 5.11 Å². The van der Waals surface area contributed by atoms with Crippen LogP contribution < -0.4 is 0 Å². The summed E-state index contributed by atoms with van der Waals surface area (Å²) in [6.45, 7) is 9.86. The molecule has 2 fully saturated rings. The Morgan fingerprint density at radius 3 is 2.11 bits per heavy atom. The Kier molecular flexibility index (Phi) is 5.46. The van der Waals surface area contributed by atoms with Gasteiger partial charge in [-0.3, -0.25) is 0 Å². The number of hydrogen-bond acceptors (Lipinski definition) is 3. The first kappa shape index (κ1) is 14.3. The second-order valence-corrected chi connectivity index (χ2v) is 6.34. The van der Waals surface area contributed by atoms with Gasteiger partial charge in [0.1, 0.15) is 0 Å². The molecule has 0 aromatic carbocycles. The van der Waals surface area contributed by atoms with Crippen LogP contribution >= 0.6 is 0 Å². The molecule has 1 heterocycles. The van der Waals surface area contributed by atoms with Crippen LogP contribution in [0.4, 0.5) is 0 Å². The van der Waals surface area contributed by atoms with E-state index in [-0.39, 0.29) is 5.41 Å². The molecule has 0 unspecified atom stereocenters. The summed E-state index contributed by atoms with van der Waals surface area (Å²) in [5.41, 5.74) is 0.227. The summed E-state index contributed by atoms with van der Waals surface area (Å²) in [7, 11) is 0. The molecule has 1 saturated heterocycles. The van der Waals surface area contributed by atoms with Gasteiger partial charge >= 0.3 is 0 Å². The average Bonchev–Trinajstić information content (AvgIpc) is 2.42. The fraction of sp³-hybridized carbons (Fsp3) is 1.00. The van der Waals surface area contributed by atoms with E-state index in [1.807, 2.05) is 0 Å². The van der Waals surface area contributed by atoms with Crippen molar-refractivity contribution in [2.45, 2.75) is 45.4 Å². The highest BCUT2D eigenvalue weighted by Crippen LogP contribution is 2.36. The molecule has 0 aromatic rings. The van der Waals surface area contributed by atoms with E-state index in [1.54, 1.807) is 0 Å². The Balaban J connectivity index is 1.79. The number of rotatable bonds is 5. The largest absolute Gasteiger partial charge is 0.396 e. The van der Waals surface area contributed by atoms with Gasteiger partial charge in [-0.15, -0.1) is 0 Å². The average molecular weight is 254 g/mol. The predicted molar refractivity (Wildman–Crippen MR) is 75.8 cm³/mol. The fourth-order valence-electron chi connectivity index (χ4n) is 3.63. The molecule has 0 radical (unpaired) electrons. The first-order valence-electron chi connectivity index (χ1n) is 7.83. The molecule has 1 aliphatic carbocycles. The zero-order valence-electron chi connectivity index (χ0n) is 12.0. The van der Waals surface area contributed by atoms with E-state index in [4.69, 9.17) is 0 Å². The zero-order valence-corrected chi connectivity index (χ0v) is 12.0. The van der Waals surface area contributed by atoms with Crippen LogP contribution in [0, 0.1) is 5.41 Å². The van der Waals surface area contributed by atoms with E-state index in [2.05, 4.69) is 16.7 Å². The number of aliphatic hydroxyl groups excluding tert-OH is 1. The SMILES string of the molecule is CCCN1CCN(CC2(CO)CCCCC2)CC1. The highest BCUT2D eigenvalue weighted by molar-refractivity contribution is 4.87. The van der Waals surface area contributed by atoms with E-state index >= 15 is 0 Å². The lowest BCUT2D eigenvalue weighted by Gasteiger charge is -2.43. The summed E-state index contributed by atoms with van der Waals surface area (Å²) in [6, 6.07) is 0. The van der Waals surface area contributed by atoms with E-state index in [0.29, 0.717) is 6.61 Å². The molecule has 1 N–H and O–H groups in total. The van der Waals surface area contributed by atoms with Crippen LogP contribution in [0.1, 0.15) is 45.4 Å². The molecular formula is C15H30N2O. The van der Waals surface area contributed by atoms with Gasteiger partial charge in [-0.1, -0.05) is 26.2 Å². The molecule has 2 aliphatic rings. The van der Waals surface area contributed by atoms with Crippen molar-refractivity contribution in [2.75, 3.05) is 45.9 Å². The molecule has 1 saturated carbocycles. The van der Waals surface area contributed by atoms with Crippen LogP contribution in [-0.4, -0.2) is 60.8 Å². The normalized spacial score (nSPS) is 26.3. The van der Waals surface area contributed by atoms with Crippen molar-refractivity contribution in [2.24, 2.45) is 5.41 Å². The molecule has 0 atom stereocenters. The quantitative estimate of drug-likeness (QED) is 0.812. The van der Waals surface area contributed by atoms with Crippen molar-refractivity contribution in [3.63, 3.8) is 0 Å². The van der Waals surface area contributed by atoms with Gasteiger partial charge in [-0.05, 0) is 25.8 Å². The molecule has 0 bridgehead atoms. The van der Waals surface area contributed by atoms with Gasteiger partial charge in [0.25, 0.3) is 0 Å². The third-order valence-electron chi connectivity index (χ3n) is 4.81. The number of piperazine rings is 1. The summed E-state index contributed by atoms with van der Waals surface area (Å²) in [6.07, 6.45) is 7.73. The molecule has 0 amide bonds. The van der Waals surface area contributed by atoms with Crippen LogP contribution in [0.3, 0.4) is 0 Å². The summed E-state index contributed by atoms with van der Waals surface area (Å²) in [5, 5.41) is 9.77. The molecular weight excluding hydrogens is 224 g/mol. The Morgan fingerprint density at radius 2 is 1.56 bits per heavy atom. The van der Waals surface area contributed by atoms with Gasteiger partial charge in [0.15, 0.2) is 0 Å². The zero-order chi connectivity index (χ0) is 12.8. The van der Waals surface area contributed by atoms with E-state index < -0.39 is 0 Å². The fourth-order valence-corrected chi connectivity index (χ4v) is 3.63. The Bertz CT molecular complexity index is 231. The third-order valence-corrected chi connectivity index (χ3v) is 4.81. The van der Waals surface area contributed by atoms with Gasteiger partial charge in [0.05, 0.1) is 0 Å². The number of aliphatic hydroxyl groups is 1. The first-order chi connectivity index (χ1) is 8.78. The lowest BCUT2D eigenvalue weighted by molar-refractivity contribution is 0.0217. The topological polar surface area (TPSA) is 26.7 Å². The highest BCUT2D eigenvalue weighted by Gasteiger charge is 2.34. The minimum absolute atomic E-state index is 0.227. The highest BCUT2D eigenvalue weighted by atomic mass is 16.3. The van der Waals surface area contributed by atoms with Crippen molar-refractivity contribution in [1.82, 2.24) is 9.80 Å². The molecule has 18 heavy (non-hydrogen) atoms. The minimum atomic E-state index is 0.227.